The summed E-state index contributed by atoms with van der Waals surface area (Å²) in [6.07, 6.45) is 22.3. The van der Waals surface area contributed by atoms with Crippen molar-refractivity contribution in [2.75, 3.05) is 0 Å². The van der Waals surface area contributed by atoms with Crippen LogP contribution in [0.1, 0.15) is 77.6 Å². The Bertz CT molecular complexity index is 356. The summed E-state index contributed by atoms with van der Waals surface area (Å²) >= 11 is 0. The van der Waals surface area contributed by atoms with E-state index in [2.05, 4.69) is 25.2 Å². The highest BCUT2D eigenvalue weighted by atomic mass is 16.4. The van der Waals surface area contributed by atoms with Gasteiger partial charge in [-0.3, -0.25) is 4.79 Å². The van der Waals surface area contributed by atoms with Crippen LogP contribution in [-0.2, 0) is 4.79 Å². The van der Waals surface area contributed by atoms with E-state index in [0.717, 1.165) is 38.5 Å². The van der Waals surface area contributed by atoms with E-state index in [-0.39, 0.29) is 6.42 Å². The fourth-order valence-electron chi connectivity index (χ4n) is 2.23. The zero-order valence-corrected chi connectivity index (χ0v) is 14.6. The van der Waals surface area contributed by atoms with Crippen LogP contribution in [0.4, 0.5) is 0 Å². The Morgan fingerprint density at radius 2 is 1.74 bits per heavy atom. The number of aliphatic carboxylic acids is 1. The minimum Gasteiger partial charge on any atom is -0.481 e. The number of aliphatic hydroxyl groups excluding tert-OH is 1. The summed E-state index contributed by atoms with van der Waals surface area (Å²) in [6, 6.07) is 0. The smallest absolute Gasteiger partial charge is 0.303 e. The lowest BCUT2D eigenvalue weighted by atomic mass is 10.1. The number of hydrogen-bond acceptors (Lipinski definition) is 2. The molecule has 3 heteroatoms. The zero-order valence-electron chi connectivity index (χ0n) is 14.6. The Labute approximate surface area is 141 Å². The number of hydrogen-bond donors (Lipinski definition) is 2. The minimum absolute atomic E-state index is 0.250. The molecule has 23 heavy (non-hydrogen) atoms. The Morgan fingerprint density at radius 1 is 0.957 bits per heavy atom. The summed E-state index contributed by atoms with van der Waals surface area (Å²) in [6.45, 7) is 2.21. The summed E-state index contributed by atoms with van der Waals surface area (Å²) < 4.78 is 0. The number of aliphatic hydroxyl groups is 1. The van der Waals surface area contributed by atoms with E-state index in [1.165, 1.54) is 25.7 Å². The molecule has 0 heterocycles. The molecule has 0 bridgehead atoms. The number of allylic oxidation sites excluding steroid dienone is 5. The van der Waals surface area contributed by atoms with Crippen molar-refractivity contribution in [1.82, 2.24) is 0 Å². The van der Waals surface area contributed by atoms with E-state index in [1.807, 2.05) is 18.2 Å². The second-order valence-corrected chi connectivity index (χ2v) is 5.93. The largest absolute Gasteiger partial charge is 0.481 e. The van der Waals surface area contributed by atoms with Crippen LogP contribution in [0.15, 0.2) is 36.5 Å². The summed E-state index contributed by atoms with van der Waals surface area (Å²) in [7, 11) is 0. The Morgan fingerprint density at radius 3 is 2.48 bits per heavy atom. The van der Waals surface area contributed by atoms with Crippen LogP contribution in [0.2, 0.25) is 0 Å². The summed E-state index contributed by atoms with van der Waals surface area (Å²) in [5.41, 5.74) is 0. The maximum atomic E-state index is 10.4. The van der Waals surface area contributed by atoms with Gasteiger partial charge in [0.2, 0.25) is 0 Å². The van der Waals surface area contributed by atoms with Gasteiger partial charge in [-0.2, -0.15) is 0 Å². The molecule has 0 aliphatic heterocycles. The SMILES string of the molecule is CCCCC/C=C/C/C=C/C=C/C(O)CCCCCCC(=O)O. The maximum Gasteiger partial charge on any atom is 0.303 e. The quantitative estimate of drug-likeness (QED) is 0.241. The highest BCUT2D eigenvalue weighted by Crippen LogP contribution is 2.08. The fourth-order valence-corrected chi connectivity index (χ4v) is 2.23. The van der Waals surface area contributed by atoms with Gasteiger partial charge in [0.25, 0.3) is 0 Å². The molecule has 0 rings (SSSR count). The maximum absolute atomic E-state index is 10.4. The van der Waals surface area contributed by atoms with E-state index >= 15 is 0 Å². The Hall–Kier alpha value is -1.35. The van der Waals surface area contributed by atoms with Crippen LogP contribution >= 0.6 is 0 Å². The molecule has 1 unspecified atom stereocenters. The van der Waals surface area contributed by atoms with Crippen molar-refractivity contribution >= 4 is 5.97 Å². The number of carboxylic acids is 1. The molecule has 0 saturated heterocycles. The van der Waals surface area contributed by atoms with E-state index in [0.29, 0.717) is 0 Å². The van der Waals surface area contributed by atoms with Crippen LogP contribution in [0.5, 0.6) is 0 Å². The van der Waals surface area contributed by atoms with E-state index in [9.17, 15) is 9.90 Å². The van der Waals surface area contributed by atoms with Crippen LogP contribution in [0, 0.1) is 0 Å². The molecule has 132 valence electrons. The number of carboxylic acid groups (broad SMARTS) is 1. The third kappa shape index (κ3) is 18.6. The molecule has 0 aromatic carbocycles. The topological polar surface area (TPSA) is 57.5 Å². The number of carbonyl (C=O) groups is 1. The third-order valence-corrected chi connectivity index (χ3v) is 3.63. The number of unbranched alkanes of at least 4 members (excludes halogenated alkanes) is 6. The van der Waals surface area contributed by atoms with Crippen molar-refractivity contribution in [2.24, 2.45) is 0 Å². The lowest BCUT2D eigenvalue weighted by Crippen LogP contribution is -2.01. The van der Waals surface area contributed by atoms with Crippen molar-refractivity contribution in [3.05, 3.63) is 36.5 Å². The molecule has 0 aliphatic carbocycles. The van der Waals surface area contributed by atoms with Crippen molar-refractivity contribution in [3.8, 4) is 0 Å². The number of rotatable bonds is 15. The van der Waals surface area contributed by atoms with Gasteiger partial charge in [-0.1, -0.05) is 75.5 Å². The van der Waals surface area contributed by atoms with E-state index in [1.54, 1.807) is 0 Å². The van der Waals surface area contributed by atoms with Crippen LogP contribution in [0.3, 0.4) is 0 Å². The third-order valence-electron chi connectivity index (χ3n) is 3.63. The van der Waals surface area contributed by atoms with Gasteiger partial charge in [-0.25, -0.2) is 0 Å². The van der Waals surface area contributed by atoms with E-state index < -0.39 is 12.1 Å². The average molecular weight is 322 g/mol. The van der Waals surface area contributed by atoms with Crippen molar-refractivity contribution in [3.63, 3.8) is 0 Å². The van der Waals surface area contributed by atoms with Crippen LogP contribution < -0.4 is 0 Å². The second-order valence-electron chi connectivity index (χ2n) is 5.93. The predicted octanol–water partition coefficient (Wildman–Crippen LogP) is 5.41. The first-order valence-electron chi connectivity index (χ1n) is 9.05. The molecule has 0 aromatic rings. The standard InChI is InChI=1S/C20H34O3/c1-2-3-4-5-6-7-8-9-10-13-16-19(21)17-14-11-12-15-18-20(22)23/h6-7,9-10,13,16,19,21H,2-5,8,11-12,14-15,17-18H2,1H3,(H,22,23)/b7-6+,10-9+,16-13+. The molecular weight excluding hydrogens is 288 g/mol. The highest BCUT2D eigenvalue weighted by Gasteiger charge is 1.99. The molecule has 1 atom stereocenters. The molecule has 0 aromatic heterocycles. The van der Waals surface area contributed by atoms with E-state index in [4.69, 9.17) is 5.11 Å². The molecule has 0 spiro atoms. The van der Waals surface area contributed by atoms with Gasteiger partial charge < -0.3 is 10.2 Å². The Balaban J connectivity index is 3.51. The first-order valence-corrected chi connectivity index (χ1v) is 9.05. The normalized spacial score (nSPS) is 13.5. The lowest BCUT2D eigenvalue weighted by Gasteiger charge is -2.04. The van der Waals surface area contributed by atoms with Gasteiger partial charge in [0.15, 0.2) is 0 Å². The average Bonchev–Trinajstić information content (AvgIpc) is 2.52. The molecule has 0 radical (unpaired) electrons. The van der Waals surface area contributed by atoms with Gasteiger partial charge in [-0.05, 0) is 32.1 Å². The van der Waals surface area contributed by atoms with Crippen molar-refractivity contribution in [2.45, 2.75) is 83.7 Å². The van der Waals surface area contributed by atoms with Gasteiger partial charge in [0.05, 0.1) is 6.10 Å². The van der Waals surface area contributed by atoms with Gasteiger partial charge in [0.1, 0.15) is 0 Å². The molecule has 2 N–H and O–H groups in total. The molecule has 3 nitrogen and oxygen atoms in total. The summed E-state index contributed by atoms with van der Waals surface area (Å²) in [5.74, 6) is -0.726. The fraction of sp³-hybridized carbons (Fsp3) is 0.650. The molecule has 0 aliphatic rings. The van der Waals surface area contributed by atoms with Gasteiger partial charge in [0, 0.05) is 6.42 Å². The van der Waals surface area contributed by atoms with Crippen LogP contribution in [0.25, 0.3) is 0 Å². The zero-order chi connectivity index (χ0) is 17.2. The Kier molecular flexibility index (Phi) is 16.0. The predicted molar refractivity (Wildman–Crippen MR) is 97.5 cm³/mol. The van der Waals surface area contributed by atoms with Crippen molar-refractivity contribution < 1.29 is 15.0 Å². The monoisotopic (exact) mass is 322 g/mol. The summed E-state index contributed by atoms with van der Waals surface area (Å²) in [4.78, 5) is 10.4. The molecule has 0 amide bonds. The molecular formula is C20H34O3. The minimum atomic E-state index is -0.726. The van der Waals surface area contributed by atoms with Gasteiger partial charge >= 0.3 is 5.97 Å². The van der Waals surface area contributed by atoms with Crippen molar-refractivity contribution in [1.29, 1.82) is 0 Å². The van der Waals surface area contributed by atoms with Crippen LogP contribution in [-0.4, -0.2) is 22.3 Å². The first kappa shape index (κ1) is 21.6. The molecule has 0 fully saturated rings. The first-order chi connectivity index (χ1) is 11.2. The lowest BCUT2D eigenvalue weighted by molar-refractivity contribution is -0.137. The highest BCUT2D eigenvalue weighted by molar-refractivity contribution is 5.66. The second kappa shape index (κ2) is 17.0. The molecule has 0 saturated carbocycles. The van der Waals surface area contributed by atoms with Gasteiger partial charge in [-0.15, -0.1) is 0 Å². The summed E-state index contributed by atoms with van der Waals surface area (Å²) in [5, 5.41) is 18.3.